The van der Waals surface area contributed by atoms with Gasteiger partial charge in [-0.3, -0.25) is 0 Å². The molecule has 0 bridgehead atoms. The van der Waals surface area contributed by atoms with Crippen molar-refractivity contribution < 1.29 is 17.9 Å². The van der Waals surface area contributed by atoms with Gasteiger partial charge in [-0.1, -0.05) is 25.1 Å². The van der Waals surface area contributed by atoms with Gasteiger partial charge in [-0.2, -0.15) is 0 Å². The van der Waals surface area contributed by atoms with Gasteiger partial charge in [0.1, 0.15) is 0 Å². The number of anilines is 1. The van der Waals surface area contributed by atoms with Crippen LogP contribution in [-0.4, -0.2) is 32.9 Å². The van der Waals surface area contributed by atoms with Crippen LogP contribution in [0.15, 0.2) is 53.4 Å². The predicted molar refractivity (Wildman–Crippen MR) is 110 cm³/mol. The van der Waals surface area contributed by atoms with E-state index in [9.17, 15) is 13.2 Å². The van der Waals surface area contributed by atoms with Crippen LogP contribution in [0.25, 0.3) is 0 Å². The number of carbonyl (C=O) groups is 1. The van der Waals surface area contributed by atoms with Crippen LogP contribution in [0, 0.1) is 0 Å². The van der Waals surface area contributed by atoms with Crippen molar-refractivity contribution >= 4 is 38.8 Å². The second kappa shape index (κ2) is 8.96. The van der Waals surface area contributed by atoms with Crippen LogP contribution in [0.4, 0.5) is 5.69 Å². The van der Waals surface area contributed by atoms with Crippen molar-refractivity contribution in [1.29, 1.82) is 0 Å². The molecule has 2 rings (SSSR count). The summed E-state index contributed by atoms with van der Waals surface area (Å²) < 4.78 is 27.9. The zero-order chi connectivity index (χ0) is 20.0. The van der Waals surface area contributed by atoms with Crippen molar-refractivity contribution in [2.24, 2.45) is 0 Å². The summed E-state index contributed by atoms with van der Waals surface area (Å²) in [6, 6.07) is 13.5. The van der Waals surface area contributed by atoms with Crippen LogP contribution in [0.3, 0.4) is 0 Å². The smallest absolute Gasteiger partial charge is 0.337 e. The zero-order valence-electron chi connectivity index (χ0n) is 15.4. The normalized spacial score (nSPS) is 12.1. The minimum Gasteiger partial charge on any atom is -0.465 e. The first kappa shape index (κ1) is 20.9. The Balaban J connectivity index is 2.08. The summed E-state index contributed by atoms with van der Waals surface area (Å²) in [4.78, 5) is 11.9. The molecule has 0 radical (unpaired) electrons. The van der Waals surface area contributed by atoms with Gasteiger partial charge in [0.05, 0.1) is 23.6 Å². The fourth-order valence-corrected chi connectivity index (χ4v) is 3.43. The molecule has 0 aliphatic heterocycles. The summed E-state index contributed by atoms with van der Waals surface area (Å²) in [6.07, 6.45) is 1.93. The first-order chi connectivity index (χ1) is 12.7. The maximum atomic E-state index is 11.6. The molecular weight excluding hydrogens is 384 g/mol. The molecule has 0 saturated carbocycles. The van der Waals surface area contributed by atoms with Crippen LogP contribution in [0.2, 0.25) is 0 Å². The highest BCUT2D eigenvalue weighted by atomic mass is 32.2. The molecule has 0 aliphatic carbocycles. The Morgan fingerprint density at radius 1 is 1.19 bits per heavy atom. The summed E-state index contributed by atoms with van der Waals surface area (Å²) in [7, 11) is -1.90. The lowest BCUT2D eigenvalue weighted by Crippen LogP contribution is -2.32. The van der Waals surface area contributed by atoms with Gasteiger partial charge in [-0.15, -0.1) is 0 Å². The van der Waals surface area contributed by atoms with Crippen LogP contribution in [0.5, 0.6) is 0 Å². The largest absolute Gasteiger partial charge is 0.465 e. The lowest BCUT2D eigenvalue weighted by molar-refractivity contribution is 0.0601. The summed E-state index contributed by atoms with van der Waals surface area (Å²) in [5.74, 6) is -0.421. The van der Waals surface area contributed by atoms with Crippen molar-refractivity contribution in [3.8, 4) is 0 Å². The number of nitrogens with one attached hydrogen (secondary N) is 2. The van der Waals surface area contributed by atoms with Crippen molar-refractivity contribution in [3.05, 3.63) is 59.7 Å². The van der Waals surface area contributed by atoms with Gasteiger partial charge >= 0.3 is 5.97 Å². The average molecular weight is 407 g/mol. The molecule has 0 aliphatic rings. The first-order valence-electron chi connectivity index (χ1n) is 8.30. The van der Waals surface area contributed by atoms with E-state index in [-0.39, 0.29) is 10.9 Å². The first-order valence-corrected chi connectivity index (χ1v) is 10.6. The number of hydrogen-bond donors (Lipinski definition) is 2. The van der Waals surface area contributed by atoms with Gasteiger partial charge < -0.3 is 15.4 Å². The Kier molecular flexibility index (Phi) is 6.92. The number of carbonyl (C=O) groups excluding carboxylic acids is 1. The highest BCUT2D eigenvalue weighted by Gasteiger charge is 2.13. The van der Waals surface area contributed by atoms with E-state index in [0.29, 0.717) is 16.4 Å². The molecule has 0 saturated heterocycles. The van der Waals surface area contributed by atoms with Gasteiger partial charge in [0.2, 0.25) is 0 Å². The van der Waals surface area contributed by atoms with E-state index < -0.39 is 15.8 Å². The number of methoxy groups -OCH3 is 1. The zero-order valence-corrected chi connectivity index (χ0v) is 17.0. The third-order valence-corrected chi connectivity index (χ3v) is 5.31. The fraction of sp³-hybridized carbons (Fsp3) is 0.263. The Bertz CT molecular complexity index is 925. The molecule has 0 aromatic heterocycles. The molecule has 144 valence electrons. The molecule has 27 heavy (non-hydrogen) atoms. The lowest BCUT2D eigenvalue weighted by atomic mass is 10.1. The Morgan fingerprint density at radius 2 is 1.85 bits per heavy atom. The highest BCUT2D eigenvalue weighted by Crippen LogP contribution is 2.20. The molecule has 1 unspecified atom stereocenters. The number of esters is 1. The van der Waals surface area contributed by atoms with Gasteiger partial charge in [0, 0.05) is 11.9 Å². The molecule has 0 spiro atoms. The van der Waals surface area contributed by atoms with Crippen molar-refractivity contribution in [2.45, 2.75) is 24.3 Å². The SMILES string of the molecule is CCC(NC(=S)Nc1cccc(C(=O)OC)c1)c1ccc(S(C)(=O)=O)cc1. The van der Waals surface area contributed by atoms with E-state index in [4.69, 9.17) is 17.0 Å². The van der Waals surface area contributed by atoms with Crippen LogP contribution in [0.1, 0.15) is 35.3 Å². The van der Waals surface area contributed by atoms with Crippen molar-refractivity contribution in [2.75, 3.05) is 18.7 Å². The highest BCUT2D eigenvalue weighted by molar-refractivity contribution is 7.90. The third kappa shape index (κ3) is 5.77. The summed E-state index contributed by atoms with van der Waals surface area (Å²) in [6.45, 7) is 2.00. The summed E-state index contributed by atoms with van der Waals surface area (Å²) in [5.41, 5.74) is 2.02. The van der Waals surface area contributed by atoms with E-state index in [0.717, 1.165) is 12.0 Å². The minimum absolute atomic E-state index is 0.0811. The molecule has 0 amide bonds. The second-order valence-corrected chi connectivity index (χ2v) is 8.40. The number of thiocarbonyl (C=S) groups is 1. The monoisotopic (exact) mass is 406 g/mol. The number of benzene rings is 2. The Morgan fingerprint density at radius 3 is 2.41 bits per heavy atom. The minimum atomic E-state index is -3.23. The number of rotatable bonds is 6. The van der Waals surface area contributed by atoms with E-state index in [2.05, 4.69) is 10.6 Å². The van der Waals surface area contributed by atoms with Gasteiger partial charge in [0.25, 0.3) is 0 Å². The molecule has 1 atom stereocenters. The van der Waals surface area contributed by atoms with Gasteiger partial charge in [-0.05, 0) is 54.5 Å². The number of ether oxygens (including phenoxy) is 1. The standard InChI is InChI=1S/C19H22N2O4S2/c1-4-17(13-8-10-16(11-9-13)27(3,23)24)21-19(26)20-15-7-5-6-14(12-15)18(22)25-2/h5-12,17H,4H2,1-3H3,(H2,20,21,26). The maximum absolute atomic E-state index is 11.6. The van der Waals surface area contributed by atoms with Gasteiger partial charge in [-0.25, -0.2) is 13.2 Å². The molecule has 2 aromatic carbocycles. The topological polar surface area (TPSA) is 84.5 Å². The Labute approximate surface area is 164 Å². The molecule has 0 fully saturated rings. The lowest BCUT2D eigenvalue weighted by Gasteiger charge is -2.20. The molecule has 0 heterocycles. The average Bonchev–Trinajstić information content (AvgIpc) is 2.65. The van der Waals surface area contributed by atoms with E-state index in [1.807, 2.05) is 6.92 Å². The summed E-state index contributed by atoms with van der Waals surface area (Å²) >= 11 is 5.37. The molecule has 8 heteroatoms. The van der Waals surface area contributed by atoms with Crippen LogP contribution < -0.4 is 10.6 Å². The maximum Gasteiger partial charge on any atom is 0.337 e. The number of hydrogen-bond acceptors (Lipinski definition) is 5. The van der Waals surface area contributed by atoms with Crippen LogP contribution in [-0.2, 0) is 14.6 Å². The predicted octanol–water partition coefficient (Wildman–Crippen LogP) is 3.31. The van der Waals surface area contributed by atoms with E-state index in [1.54, 1.807) is 48.5 Å². The quantitative estimate of drug-likeness (QED) is 0.562. The van der Waals surface area contributed by atoms with E-state index >= 15 is 0 Å². The molecule has 2 aromatic rings. The van der Waals surface area contributed by atoms with Crippen molar-refractivity contribution in [1.82, 2.24) is 5.32 Å². The fourth-order valence-electron chi connectivity index (χ4n) is 2.54. The van der Waals surface area contributed by atoms with E-state index in [1.165, 1.54) is 13.4 Å². The Hall–Kier alpha value is -2.45. The third-order valence-electron chi connectivity index (χ3n) is 3.97. The molecule has 6 nitrogen and oxygen atoms in total. The number of sulfone groups is 1. The van der Waals surface area contributed by atoms with Gasteiger partial charge in [0.15, 0.2) is 14.9 Å². The molecular formula is C19H22N2O4S2. The summed E-state index contributed by atoms with van der Waals surface area (Å²) in [5, 5.41) is 6.65. The van der Waals surface area contributed by atoms with Crippen LogP contribution >= 0.6 is 12.2 Å². The second-order valence-electron chi connectivity index (χ2n) is 5.97. The molecule has 2 N–H and O–H groups in total. The van der Waals surface area contributed by atoms with Crippen molar-refractivity contribution in [3.63, 3.8) is 0 Å².